The van der Waals surface area contributed by atoms with Gasteiger partial charge in [-0.25, -0.2) is 4.79 Å². The highest BCUT2D eigenvalue weighted by Gasteiger charge is 2.30. The molecule has 222 valence electrons. The fourth-order valence-corrected chi connectivity index (χ4v) is 3.95. The third kappa shape index (κ3) is 9.26. The van der Waals surface area contributed by atoms with E-state index in [-0.39, 0.29) is 24.7 Å². The predicted octanol–water partition coefficient (Wildman–Crippen LogP) is 8.63. The van der Waals surface area contributed by atoms with Gasteiger partial charge in [-0.1, -0.05) is 50.2 Å². The van der Waals surface area contributed by atoms with Crippen LogP contribution >= 0.6 is 0 Å². The highest BCUT2D eigenvalue weighted by atomic mass is 19.4. The molecular weight excluding hydrogens is 545 g/mol. The molecule has 0 aliphatic carbocycles. The minimum atomic E-state index is -4.42. The summed E-state index contributed by atoms with van der Waals surface area (Å²) in [4.78, 5) is 24.8. The van der Waals surface area contributed by atoms with Crippen LogP contribution in [0.15, 0.2) is 84.9 Å². The van der Waals surface area contributed by atoms with Gasteiger partial charge in [-0.05, 0) is 85.8 Å². The van der Waals surface area contributed by atoms with Gasteiger partial charge in [0.2, 0.25) is 0 Å². The second kappa shape index (κ2) is 13.9. The second-order valence-electron chi connectivity index (χ2n) is 10.2. The maximum Gasteiger partial charge on any atom is 0.416 e. The van der Waals surface area contributed by atoms with Crippen molar-refractivity contribution in [2.45, 2.75) is 59.5 Å². The standard InChI is InChI=1S/C31H29F3N2O4.C2H6/c1-30(2,3)40-29(38)36-19-21-7-4-6-20(16-21)18-35-28(37)23-10-15-26-22(17-23)8-5-9-27(26)39-25-13-11-24(12-14-25)31(32,33)34;1-2/h4-17H,18-19H2,1-3H3,(H,35,37)(H,36,38);1-2H3. The average molecular weight is 581 g/mol. The summed E-state index contributed by atoms with van der Waals surface area (Å²) in [5, 5.41) is 7.07. The van der Waals surface area contributed by atoms with Crippen LogP contribution in [0.4, 0.5) is 18.0 Å². The molecule has 0 saturated carbocycles. The summed E-state index contributed by atoms with van der Waals surface area (Å²) >= 11 is 0. The van der Waals surface area contributed by atoms with Gasteiger partial charge in [0.1, 0.15) is 17.1 Å². The third-order valence-electron chi connectivity index (χ3n) is 5.79. The molecule has 0 radical (unpaired) electrons. The number of rotatable bonds is 7. The van der Waals surface area contributed by atoms with Crippen molar-refractivity contribution < 1.29 is 32.2 Å². The summed E-state index contributed by atoms with van der Waals surface area (Å²) < 4.78 is 49.6. The first kappa shape index (κ1) is 32.0. The van der Waals surface area contributed by atoms with Gasteiger partial charge in [0.25, 0.3) is 5.91 Å². The molecule has 4 aromatic carbocycles. The Kier molecular flexibility index (Phi) is 10.6. The summed E-state index contributed by atoms with van der Waals surface area (Å²) in [7, 11) is 0. The van der Waals surface area contributed by atoms with E-state index in [4.69, 9.17) is 9.47 Å². The van der Waals surface area contributed by atoms with Crippen molar-refractivity contribution in [1.29, 1.82) is 0 Å². The molecule has 0 saturated heterocycles. The van der Waals surface area contributed by atoms with Gasteiger partial charge in [0.05, 0.1) is 5.56 Å². The zero-order chi connectivity index (χ0) is 30.9. The number of alkyl carbamates (subject to hydrolysis) is 1. The van der Waals surface area contributed by atoms with Crippen LogP contribution in [0.1, 0.15) is 61.7 Å². The lowest BCUT2D eigenvalue weighted by atomic mass is 10.1. The molecule has 0 aromatic heterocycles. The highest BCUT2D eigenvalue weighted by Crippen LogP contribution is 2.33. The van der Waals surface area contributed by atoms with Gasteiger partial charge < -0.3 is 20.1 Å². The molecule has 0 heterocycles. The van der Waals surface area contributed by atoms with Crippen molar-refractivity contribution in [2.24, 2.45) is 0 Å². The van der Waals surface area contributed by atoms with E-state index in [2.05, 4.69) is 10.6 Å². The molecule has 6 nitrogen and oxygen atoms in total. The van der Waals surface area contributed by atoms with Crippen molar-refractivity contribution >= 4 is 22.8 Å². The normalized spacial score (nSPS) is 11.2. The van der Waals surface area contributed by atoms with Gasteiger partial charge in [0.15, 0.2) is 0 Å². The van der Waals surface area contributed by atoms with E-state index in [1.807, 2.05) is 44.2 Å². The molecule has 2 amide bonds. The number of carbonyl (C=O) groups is 2. The van der Waals surface area contributed by atoms with E-state index >= 15 is 0 Å². The first-order chi connectivity index (χ1) is 19.9. The Morgan fingerprint density at radius 1 is 0.762 bits per heavy atom. The van der Waals surface area contributed by atoms with Crippen LogP contribution in [0.5, 0.6) is 11.5 Å². The van der Waals surface area contributed by atoms with Crippen LogP contribution in [0.25, 0.3) is 10.8 Å². The summed E-state index contributed by atoms with van der Waals surface area (Å²) in [5.41, 5.74) is 0.841. The van der Waals surface area contributed by atoms with Crippen molar-refractivity contribution in [1.82, 2.24) is 10.6 Å². The smallest absolute Gasteiger partial charge is 0.416 e. The largest absolute Gasteiger partial charge is 0.457 e. The number of nitrogens with one attached hydrogen (secondary N) is 2. The van der Waals surface area contributed by atoms with E-state index < -0.39 is 23.4 Å². The molecule has 0 aliphatic heterocycles. The average Bonchev–Trinajstić information content (AvgIpc) is 2.95. The van der Waals surface area contributed by atoms with Crippen LogP contribution in [0.2, 0.25) is 0 Å². The van der Waals surface area contributed by atoms with Crippen LogP contribution in [0.3, 0.4) is 0 Å². The van der Waals surface area contributed by atoms with Gasteiger partial charge >= 0.3 is 12.3 Å². The second-order valence-corrected chi connectivity index (χ2v) is 10.2. The SMILES string of the molecule is CC.CC(C)(C)OC(=O)NCc1cccc(CNC(=O)c2ccc3c(Oc4ccc(C(F)(F)F)cc4)cccc3c2)c1. The molecule has 0 atom stereocenters. The van der Waals surface area contributed by atoms with Crippen LogP contribution in [-0.4, -0.2) is 17.6 Å². The van der Waals surface area contributed by atoms with Crippen LogP contribution < -0.4 is 15.4 Å². The Bertz CT molecular complexity index is 1510. The van der Waals surface area contributed by atoms with Crippen molar-refractivity contribution in [3.63, 3.8) is 0 Å². The van der Waals surface area contributed by atoms with E-state index in [0.717, 1.165) is 28.6 Å². The zero-order valence-electron chi connectivity index (χ0n) is 24.3. The third-order valence-corrected chi connectivity index (χ3v) is 5.79. The monoisotopic (exact) mass is 580 g/mol. The van der Waals surface area contributed by atoms with Crippen molar-refractivity contribution in [2.75, 3.05) is 0 Å². The molecule has 42 heavy (non-hydrogen) atoms. The minimum Gasteiger partial charge on any atom is -0.457 e. The summed E-state index contributed by atoms with van der Waals surface area (Å²) in [5.74, 6) is 0.458. The summed E-state index contributed by atoms with van der Waals surface area (Å²) in [6.07, 6.45) is -4.92. The lowest BCUT2D eigenvalue weighted by Gasteiger charge is -2.19. The molecule has 9 heteroatoms. The highest BCUT2D eigenvalue weighted by molar-refractivity contribution is 5.99. The van der Waals surface area contributed by atoms with E-state index in [1.54, 1.807) is 51.1 Å². The first-order valence-electron chi connectivity index (χ1n) is 13.6. The number of carbonyl (C=O) groups excluding carboxylic acids is 2. The summed E-state index contributed by atoms with van der Waals surface area (Å²) in [6.45, 7) is 9.96. The Hall–Kier alpha value is -4.53. The number of hydrogen-bond acceptors (Lipinski definition) is 4. The minimum absolute atomic E-state index is 0.269. The number of benzene rings is 4. The molecule has 0 unspecified atom stereocenters. The molecule has 0 bridgehead atoms. The predicted molar refractivity (Wildman–Crippen MR) is 157 cm³/mol. The number of alkyl halides is 3. The molecule has 0 fully saturated rings. The molecular formula is C33H35F3N2O4. The van der Waals surface area contributed by atoms with Crippen molar-refractivity contribution in [3.05, 3.63) is 107 Å². The number of amides is 2. The Labute approximate surface area is 243 Å². The Morgan fingerprint density at radius 2 is 1.38 bits per heavy atom. The number of hydrogen-bond donors (Lipinski definition) is 2. The van der Waals surface area contributed by atoms with E-state index in [9.17, 15) is 22.8 Å². The van der Waals surface area contributed by atoms with Crippen LogP contribution in [0, 0.1) is 0 Å². The number of ether oxygens (including phenoxy) is 2. The van der Waals surface area contributed by atoms with Gasteiger partial charge in [-0.3, -0.25) is 4.79 Å². The van der Waals surface area contributed by atoms with Gasteiger partial charge in [0, 0.05) is 24.0 Å². The topological polar surface area (TPSA) is 76.7 Å². The zero-order valence-corrected chi connectivity index (χ0v) is 24.3. The fourth-order valence-electron chi connectivity index (χ4n) is 3.95. The molecule has 0 spiro atoms. The van der Waals surface area contributed by atoms with E-state index in [1.165, 1.54) is 12.1 Å². The molecule has 4 aromatic rings. The quantitative estimate of drug-likeness (QED) is 0.229. The lowest BCUT2D eigenvalue weighted by molar-refractivity contribution is -0.137. The first-order valence-corrected chi connectivity index (χ1v) is 13.6. The maximum atomic E-state index is 12.9. The fraction of sp³-hybridized carbons (Fsp3) is 0.273. The van der Waals surface area contributed by atoms with Crippen molar-refractivity contribution in [3.8, 4) is 11.5 Å². The lowest BCUT2D eigenvalue weighted by Crippen LogP contribution is -2.32. The Morgan fingerprint density at radius 3 is 2.00 bits per heavy atom. The molecule has 0 aliphatic rings. The summed E-state index contributed by atoms with van der Waals surface area (Å²) in [6, 6.07) is 22.4. The van der Waals surface area contributed by atoms with Crippen LogP contribution in [-0.2, 0) is 24.0 Å². The number of fused-ring (bicyclic) bond motifs is 1. The van der Waals surface area contributed by atoms with Gasteiger partial charge in [-0.2, -0.15) is 13.2 Å². The van der Waals surface area contributed by atoms with Gasteiger partial charge in [-0.15, -0.1) is 0 Å². The number of halogens is 3. The van der Waals surface area contributed by atoms with E-state index in [0.29, 0.717) is 16.7 Å². The Balaban J connectivity index is 0.00000237. The maximum absolute atomic E-state index is 12.9. The molecule has 4 rings (SSSR count). The molecule has 2 N–H and O–H groups in total.